The zero-order valence-electron chi connectivity index (χ0n) is 13.9. The fourth-order valence-electron chi connectivity index (χ4n) is 2.01. The van der Waals surface area contributed by atoms with Crippen LogP contribution in [-0.4, -0.2) is 50.3 Å². The van der Waals surface area contributed by atoms with Crippen molar-refractivity contribution in [1.29, 1.82) is 0 Å². The first-order valence-corrected chi connectivity index (χ1v) is 15.1. The molecule has 0 N–H and O–H groups in total. The summed E-state index contributed by atoms with van der Waals surface area (Å²) in [5.74, 6) is 7.21. The second-order valence-electron chi connectivity index (χ2n) is 5.47. The first kappa shape index (κ1) is 23.2. The van der Waals surface area contributed by atoms with Crippen LogP contribution in [0.4, 0.5) is 0 Å². The maximum atomic E-state index is 4.69. The van der Waals surface area contributed by atoms with Gasteiger partial charge < -0.3 is 0 Å². The van der Waals surface area contributed by atoms with Gasteiger partial charge in [-0.25, -0.2) is 0 Å². The van der Waals surface area contributed by atoms with Gasteiger partial charge in [0.15, 0.2) is 0 Å². The second kappa shape index (κ2) is 16.4. The number of thioether (sulfide) groups is 3. The Balaban J connectivity index is 1.94. The van der Waals surface area contributed by atoms with Crippen molar-refractivity contribution in [1.82, 2.24) is 0 Å². The van der Waals surface area contributed by atoms with Crippen LogP contribution in [-0.2, 0) is 0 Å². The van der Waals surface area contributed by atoms with Crippen LogP contribution in [0.5, 0.6) is 0 Å². The minimum Gasteiger partial charge on any atom is -0.178 e. The van der Waals surface area contributed by atoms with E-state index in [0.29, 0.717) is 5.25 Å². The van der Waals surface area contributed by atoms with E-state index in [0.717, 1.165) is 16.3 Å². The Kier molecular flexibility index (Phi) is 16.5. The lowest BCUT2D eigenvalue weighted by Crippen LogP contribution is -2.10. The summed E-state index contributed by atoms with van der Waals surface area (Å²) in [6.45, 7) is 2.24. The summed E-state index contributed by atoms with van der Waals surface area (Å²) in [5.41, 5.74) is 0. The Bertz CT molecular complexity index is 298. The predicted molar refractivity (Wildman–Crippen MR) is 130 cm³/mol. The average Bonchev–Trinajstić information content (AvgIpc) is 3.07. The molecule has 0 bridgehead atoms. The molecule has 1 aliphatic heterocycles. The quantitative estimate of drug-likeness (QED) is 0.164. The molecule has 0 radical (unpaired) electrons. The van der Waals surface area contributed by atoms with Gasteiger partial charge in [0, 0.05) is 33.0 Å². The molecule has 1 aliphatic rings. The van der Waals surface area contributed by atoms with Gasteiger partial charge in [-0.2, -0.15) is 60.5 Å². The van der Waals surface area contributed by atoms with Gasteiger partial charge in [-0.1, -0.05) is 34.6 Å². The lowest BCUT2D eigenvalue weighted by Gasteiger charge is -2.15. The summed E-state index contributed by atoms with van der Waals surface area (Å²) in [6.07, 6.45) is 7.56. The SMILES string of the molecule is CCCSCC(S)CSCCC(CS)SCCCC1C=CSS1. The monoisotopic (exact) mass is 446 g/mol. The highest BCUT2D eigenvalue weighted by Crippen LogP contribution is 2.37. The summed E-state index contributed by atoms with van der Waals surface area (Å²) in [7, 11) is 3.88. The molecule has 3 atom stereocenters. The molecule has 0 aromatic carbocycles. The second-order valence-corrected chi connectivity index (χ2v) is 12.7. The number of thiol groups is 2. The van der Waals surface area contributed by atoms with Gasteiger partial charge in [0.2, 0.25) is 0 Å². The van der Waals surface area contributed by atoms with E-state index in [1.807, 2.05) is 33.3 Å². The molecule has 1 rings (SSSR count). The molecule has 0 amide bonds. The molecule has 0 fully saturated rings. The van der Waals surface area contributed by atoms with E-state index in [4.69, 9.17) is 12.6 Å². The van der Waals surface area contributed by atoms with Gasteiger partial charge in [-0.05, 0) is 48.3 Å². The topological polar surface area (TPSA) is 0 Å². The third-order valence-corrected chi connectivity index (χ3v) is 11.1. The van der Waals surface area contributed by atoms with Gasteiger partial charge >= 0.3 is 0 Å². The van der Waals surface area contributed by atoms with E-state index < -0.39 is 0 Å². The van der Waals surface area contributed by atoms with E-state index in [2.05, 4.69) is 54.6 Å². The molecule has 0 saturated carbocycles. The molecule has 0 spiro atoms. The fourth-order valence-corrected chi connectivity index (χ4v) is 8.61. The summed E-state index contributed by atoms with van der Waals surface area (Å²) in [6, 6.07) is 0. The molecule has 0 nitrogen and oxygen atoms in total. The molecular formula is C16H30S7. The Labute approximate surface area is 175 Å². The number of hydrogen-bond donors (Lipinski definition) is 2. The van der Waals surface area contributed by atoms with Gasteiger partial charge in [-0.3, -0.25) is 0 Å². The third kappa shape index (κ3) is 13.1. The summed E-state index contributed by atoms with van der Waals surface area (Å²) >= 11 is 15.5. The van der Waals surface area contributed by atoms with Crippen LogP contribution in [0, 0.1) is 0 Å². The van der Waals surface area contributed by atoms with Crippen LogP contribution >= 0.6 is 82.1 Å². The number of rotatable bonds is 15. The Morgan fingerprint density at radius 3 is 2.61 bits per heavy atom. The first-order chi connectivity index (χ1) is 11.3. The largest absolute Gasteiger partial charge is 0.178 e. The van der Waals surface area contributed by atoms with Crippen molar-refractivity contribution in [2.45, 2.75) is 48.4 Å². The van der Waals surface area contributed by atoms with Crippen LogP contribution in [0.15, 0.2) is 11.5 Å². The summed E-state index contributed by atoms with van der Waals surface area (Å²) in [5, 5.41) is 4.25. The first-order valence-electron chi connectivity index (χ1n) is 8.31. The van der Waals surface area contributed by atoms with Crippen molar-refractivity contribution >= 4 is 82.1 Å². The fraction of sp³-hybridized carbons (Fsp3) is 0.875. The maximum absolute atomic E-state index is 4.69. The van der Waals surface area contributed by atoms with Crippen molar-refractivity contribution in [3.63, 3.8) is 0 Å². The lowest BCUT2D eigenvalue weighted by atomic mass is 10.2. The summed E-state index contributed by atoms with van der Waals surface area (Å²) < 4.78 is 0. The van der Waals surface area contributed by atoms with Crippen molar-refractivity contribution in [3.8, 4) is 0 Å². The molecule has 0 aromatic rings. The normalized spacial score (nSPS) is 20.0. The van der Waals surface area contributed by atoms with Gasteiger partial charge in [-0.15, -0.1) is 0 Å². The van der Waals surface area contributed by atoms with E-state index in [9.17, 15) is 0 Å². The Morgan fingerprint density at radius 1 is 1.17 bits per heavy atom. The van der Waals surface area contributed by atoms with Crippen molar-refractivity contribution in [3.05, 3.63) is 11.5 Å². The van der Waals surface area contributed by atoms with Crippen molar-refractivity contribution < 1.29 is 0 Å². The molecule has 23 heavy (non-hydrogen) atoms. The lowest BCUT2D eigenvalue weighted by molar-refractivity contribution is 0.834. The van der Waals surface area contributed by atoms with E-state index in [1.54, 1.807) is 0 Å². The standard InChI is InChI=1S/C16H30S7/c1-2-7-19-12-14(18)13-20-9-5-16(11-17)21-8-3-4-15-6-10-22-23-15/h6,10,14-18H,2-5,7-9,11-13H2,1H3. The van der Waals surface area contributed by atoms with Crippen LogP contribution in [0.25, 0.3) is 0 Å². The highest BCUT2D eigenvalue weighted by atomic mass is 33.1. The highest BCUT2D eigenvalue weighted by Gasteiger charge is 2.12. The van der Waals surface area contributed by atoms with Gasteiger partial charge in [0.1, 0.15) is 0 Å². The number of hydrogen-bond acceptors (Lipinski definition) is 7. The molecule has 1 heterocycles. The van der Waals surface area contributed by atoms with Crippen LogP contribution in [0.2, 0.25) is 0 Å². The Morgan fingerprint density at radius 2 is 1.96 bits per heavy atom. The zero-order valence-corrected chi connectivity index (χ0v) is 19.8. The van der Waals surface area contributed by atoms with Gasteiger partial charge in [0.25, 0.3) is 0 Å². The van der Waals surface area contributed by atoms with E-state index >= 15 is 0 Å². The molecule has 0 aromatic heterocycles. The molecular weight excluding hydrogens is 417 g/mol. The maximum Gasteiger partial charge on any atom is 0.0342 e. The predicted octanol–water partition coefficient (Wildman–Crippen LogP) is 6.64. The highest BCUT2D eigenvalue weighted by molar-refractivity contribution is 8.78. The van der Waals surface area contributed by atoms with Crippen molar-refractivity contribution in [2.75, 3.05) is 34.5 Å². The molecule has 3 unspecified atom stereocenters. The minimum absolute atomic E-state index is 0.550. The van der Waals surface area contributed by atoms with E-state index in [-0.39, 0.29) is 0 Å². The van der Waals surface area contributed by atoms with Gasteiger partial charge in [0.05, 0.1) is 0 Å². The molecule has 0 saturated heterocycles. The summed E-state index contributed by atoms with van der Waals surface area (Å²) in [4.78, 5) is 0. The van der Waals surface area contributed by atoms with Crippen molar-refractivity contribution in [2.24, 2.45) is 0 Å². The van der Waals surface area contributed by atoms with Crippen LogP contribution in [0.1, 0.15) is 32.6 Å². The van der Waals surface area contributed by atoms with E-state index in [1.165, 1.54) is 54.4 Å². The average molecular weight is 447 g/mol. The molecule has 0 aliphatic carbocycles. The smallest absolute Gasteiger partial charge is 0.0342 e. The third-order valence-electron chi connectivity index (χ3n) is 3.27. The van der Waals surface area contributed by atoms with Crippen LogP contribution < -0.4 is 0 Å². The zero-order chi connectivity index (χ0) is 16.8. The molecule has 7 heteroatoms. The molecule has 136 valence electrons. The Hall–Kier alpha value is 2.19. The minimum atomic E-state index is 0.550. The van der Waals surface area contributed by atoms with Crippen LogP contribution in [0.3, 0.4) is 0 Å².